The molecular weight excluding hydrogens is 226 g/mol. The second-order valence-corrected chi connectivity index (χ2v) is 5.53. The van der Waals surface area contributed by atoms with E-state index in [1.165, 1.54) is 16.7 Å². The molecule has 0 spiro atoms. The van der Waals surface area contributed by atoms with Gasteiger partial charge in [0.15, 0.2) is 0 Å². The fourth-order valence-corrected chi connectivity index (χ4v) is 3.13. The molecule has 1 unspecified atom stereocenters. The second-order valence-electron chi connectivity index (χ2n) is 5.53. The second kappa shape index (κ2) is 4.65. The van der Waals surface area contributed by atoms with Crippen molar-refractivity contribution in [2.45, 2.75) is 25.4 Å². The highest BCUT2D eigenvalue weighted by Gasteiger charge is 2.49. The summed E-state index contributed by atoms with van der Waals surface area (Å²) in [5.41, 5.74) is 4.13. The molecular formula is C15H21NO2. The number of nitrogens with one attached hydrogen (secondary N) is 1. The van der Waals surface area contributed by atoms with Gasteiger partial charge in [0.05, 0.1) is 31.3 Å². The monoisotopic (exact) mass is 247 g/mol. The van der Waals surface area contributed by atoms with Gasteiger partial charge in [0.2, 0.25) is 0 Å². The third-order valence-corrected chi connectivity index (χ3v) is 4.18. The molecule has 1 aromatic rings. The molecule has 3 nitrogen and oxygen atoms in total. The molecule has 0 aromatic heterocycles. The summed E-state index contributed by atoms with van der Waals surface area (Å²) in [7, 11) is 0. The van der Waals surface area contributed by atoms with Crippen molar-refractivity contribution in [3.8, 4) is 0 Å². The highest BCUT2D eigenvalue weighted by atomic mass is 16.5. The van der Waals surface area contributed by atoms with E-state index in [-0.39, 0.29) is 11.5 Å². The Morgan fingerprint density at radius 1 is 1.28 bits per heavy atom. The summed E-state index contributed by atoms with van der Waals surface area (Å²) in [6, 6.07) is 6.70. The molecule has 18 heavy (non-hydrogen) atoms. The van der Waals surface area contributed by atoms with Crippen LogP contribution in [-0.4, -0.2) is 39.0 Å². The highest BCUT2D eigenvalue weighted by molar-refractivity contribution is 5.39. The van der Waals surface area contributed by atoms with Crippen LogP contribution in [0.15, 0.2) is 18.2 Å². The number of ether oxygens (including phenoxy) is 2. The summed E-state index contributed by atoms with van der Waals surface area (Å²) in [5.74, 6) is 0. The van der Waals surface area contributed by atoms with Crippen LogP contribution in [0.5, 0.6) is 0 Å². The molecule has 1 atom stereocenters. The minimum absolute atomic E-state index is 0.0607. The lowest BCUT2D eigenvalue weighted by atomic mass is 9.71. The van der Waals surface area contributed by atoms with Gasteiger partial charge in [-0.15, -0.1) is 0 Å². The van der Waals surface area contributed by atoms with Crippen LogP contribution in [-0.2, 0) is 14.9 Å². The quantitative estimate of drug-likeness (QED) is 0.860. The normalized spacial score (nSPS) is 26.7. The van der Waals surface area contributed by atoms with Gasteiger partial charge in [0.1, 0.15) is 0 Å². The van der Waals surface area contributed by atoms with Crippen molar-refractivity contribution >= 4 is 0 Å². The SMILES string of the molecule is Cc1ccc(C2(C3CNCCO3)COC2)c(C)c1. The van der Waals surface area contributed by atoms with E-state index >= 15 is 0 Å². The van der Waals surface area contributed by atoms with Crippen LogP contribution >= 0.6 is 0 Å². The fraction of sp³-hybridized carbons (Fsp3) is 0.600. The Balaban J connectivity index is 1.94. The minimum Gasteiger partial charge on any atom is -0.379 e. The molecule has 98 valence electrons. The van der Waals surface area contributed by atoms with Crippen molar-refractivity contribution < 1.29 is 9.47 Å². The van der Waals surface area contributed by atoms with Crippen molar-refractivity contribution in [3.63, 3.8) is 0 Å². The largest absolute Gasteiger partial charge is 0.379 e. The summed E-state index contributed by atoms with van der Waals surface area (Å²) < 4.78 is 11.5. The van der Waals surface area contributed by atoms with Gasteiger partial charge in [-0.2, -0.15) is 0 Å². The molecule has 2 heterocycles. The van der Waals surface area contributed by atoms with Gasteiger partial charge in [0, 0.05) is 13.1 Å². The number of hydrogen-bond acceptors (Lipinski definition) is 3. The van der Waals surface area contributed by atoms with E-state index in [0.29, 0.717) is 0 Å². The smallest absolute Gasteiger partial charge is 0.0841 e. The van der Waals surface area contributed by atoms with Gasteiger partial charge in [-0.25, -0.2) is 0 Å². The molecule has 3 rings (SSSR count). The highest BCUT2D eigenvalue weighted by Crippen LogP contribution is 2.39. The standard InChI is InChI=1S/C15H21NO2/c1-11-3-4-13(12(2)7-11)15(9-17-10-15)14-8-16-5-6-18-14/h3-4,7,14,16H,5-6,8-10H2,1-2H3. The summed E-state index contributed by atoms with van der Waals surface area (Å²) >= 11 is 0. The molecule has 2 aliphatic heterocycles. The third kappa shape index (κ3) is 1.87. The van der Waals surface area contributed by atoms with Crippen LogP contribution in [0.2, 0.25) is 0 Å². The molecule has 0 aliphatic carbocycles. The van der Waals surface area contributed by atoms with Gasteiger partial charge in [-0.05, 0) is 25.0 Å². The first kappa shape index (κ1) is 12.2. The molecule has 0 radical (unpaired) electrons. The molecule has 1 aromatic carbocycles. The van der Waals surface area contributed by atoms with Crippen LogP contribution in [0.3, 0.4) is 0 Å². The predicted octanol–water partition coefficient (Wildman–Crippen LogP) is 1.56. The summed E-state index contributed by atoms with van der Waals surface area (Å²) in [6.07, 6.45) is 0.237. The molecule has 2 fully saturated rings. The van der Waals surface area contributed by atoms with Crippen LogP contribution in [0.4, 0.5) is 0 Å². The molecule has 0 bridgehead atoms. The minimum atomic E-state index is 0.0607. The zero-order valence-electron chi connectivity index (χ0n) is 11.2. The molecule has 2 aliphatic rings. The average Bonchev–Trinajstić information content (AvgIpc) is 2.32. The number of benzene rings is 1. The molecule has 1 N–H and O–H groups in total. The van der Waals surface area contributed by atoms with E-state index in [4.69, 9.17) is 9.47 Å². The van der Waals surface area contributed by atoms with Gasteiger partial charge in [0.25, 0.3) is 0 Å². The third-order valence-electron chi connectivity index (χ3n) is 4.18. The zero-order valence-corrected chi connectivity index (χ0v) is 11.2. The maximum absolute atomic E-state index is 5.98. The first-order valence-electron chi connectivity index (χ1n) is 6.70. The lowest BCUT2D eigenvalue weighted by molar-refractivity contribution is -0.146. The van der Waals surface area contributed by atoms with E-state index < -0.39 is 0 Å². The van der Waals surface area contributed by atoms with Gasteiger partial charge >= 0.3 is 0 Å². The average molecular weight is 247 g/mol. The Morgan fingerprint density at radius 2 is 2.11 bits per heavy atom. The van der Waals surface area contributed by atoms with Crippen molar-refractivity contribution in [1.29, 1.82) is 0 Å². The van der Waals surface area contributed by atoms with Crippen molar-refractivity contribution in [2.75, 3.05) is 32.9 Å². The summed E-state index contributed by atoms with van der Waals surface area (Å²) in [6.45, 7) is 8.58. The number of aryl methyl sites for hydroxylation is 2. The van der Waals surface area contributed by atoms with E-state index in [1.54, 1.807) is 0 Å². The van der Waals surface area contributed by atoms with Crippen LogP contribution < -0.4 is 5.32 Å². The van der Waals surface area contributed by atoms with Gasteiger partial charge in [-0.3, -0.25) is 0 Å². The molecule has 0 amide bonds. The van der Waals surface area contributed by atoms with Crippen molar-refractivity contribution in [1.82, 2.24) is 5.32 Å². The number of hydrogen-bond donors (Lipinski definition) is 1. The van der Waals surface area contributed by atoms with Gasteiger partial charge in [-0.1, -0.05) is 23.8 Å². The lowest BCUT2D eigenvalue weighted by Crippen LogP contribution is -2.61. The Bertz CT molecular complexity index is 434. The molecule has 0 saturated carbocycles. The Morgan fingerprint density at radius 3 is 2.67 bits per heavy atom. The fourth-order valence-electron chi connectivity index (χ4n) is 3.13. The van der Waals surface area contributed by atoms with Crippen molar-refractivity contribution in [3.05, 3.63) is 34.9 Å². The van der Waals surface area contributed by atoms with E-state index in [2.05, 4.69) is 37.4 Å². The number of morpholine rings is 1. The Labute approximate surface area is 108 Å². The summed E-state index contributed by atoms with van der Waals surface area (Å²) in [4.78, 5) is 0. The first-order valence-corrected chi connectivity index (χ1v) is 6.70. The zero-order chi connectivity index (χ0) is 12.6. The first-order chi connectivity index (χ1) is 8.72. The lowest BCUT2D eigenvalue weighted by Gasteiger charge is -2.49. The topological polar surface area (TPSA) is 30.5 Å². The van der Waals surface area contributed by atoms with Crippen LogP contribution in [0.1, 0.15) is 16.7 Å². The maximum Gasteiger partial charge on any atom is 0.0841 e. The predicted molar refractivity (Wildman–Crippen MR) is 71.0 cm³/mol. The van der Waals surface area contributed by atoms with Gasteiger partial charge < -0.3 is 14.8 Å². The molecule has 3 heteroatoms. The molecule has 2 saturated heterocycles. The summed E-state index contributed by atoms with van der Waals surface area (Å²) in [5, 5.41) is 3.43. The number of rotatable bonds is 2. The maximum atomic E-state index is 5.98. The van der Waals surface area contributed by atoms with Crippen LogP contribution in [0.25, 0.3) is 0 Å². The van der Waals surface area contributed by atoms with Crippen LogP contribution in [0, 0.1) is 13.8 Å². The van der Waals surface area contributed by atoms with Crippen molar-refractivity contribution in [2.24, 2.45) is 0 Å². The van der Waals surface area contributed by atoms with E-state index in [0.717, 1.165) is 32.9 Å². The van der Waals surface area contributed by atoms with E-state index in [9.17, 15) is 0 Å². The van der Waals surface area contributed by atoms with E-state index in [1.807, 2.05) is 0 Å². The Kier molecular flexibility index (Phi) is 3.14. The Hall–Kier alpha value is -0.900.